The van der Waals surface area contributed by atoms with E-state index in [1.54, 1.807) is 13.0 Å². The Morgan fingerprint density at radius 2 is 1.86 bits per heavy atom. The lowest BCUT2D eigenvalue weighted by Gasteiger charge is -2.26. The van der Waals surface area contributed by atoms with Crippen molar-refractivity contribution < 1.29 is 18.7 Å². The fourth-order valence-electron chi connectivity index (χ4n) is 2.04. The third kappa shape index (κ3) is 3.27. The van der Waals surface area contributed by atoms with Crippen LogP contribution in [0.1, 0.15) is 28.9 Å². The maximum atomic E-state index is 13.3. The SMILES string of the molecule is CC(c1ccc(F)c(F)c1)N(C)C(=O)c1cc(Br)ccc1O. The van der Waals surface area contributed by atoms with E-state index in [4.69, 9.17) is 0 Å². The smallest absolute Gasteiger partial charge is 0.257 e. The van der Waals surface area contributed by atoms with Gasteiger partial charge in [-0.05, 0) is 42.8 Å². The molecule has 1 amide bonds. The number of halogens is 3. The normalized spacial score (nSPS) is 12.0. The van der Waals surface area contributed by atoms with Gasteiger partial charge in [0.25, 0.3) is 5.91 Å². The second kappa shape index (κ2) is 6.44. The first-order chi connectivity index (χ1) is 10.3. The van der Waals surface area contributed by atoms with Crippen molar-refractivity contribution in [2.75, 3.05) is 7.05 Å². The Labute approximate surface area is 135 Å². The van der Waals surface area contributed by atoms with Crippen molar-refractivity contribution in [1.82, 2.24) is 4.90 Å². The highest BCUT2D eigenvalue weighted by molar-refractivity contribution is 9.10. The number of phenolic OH excluding ortho intramolecular Hbond substituents is 1. The van der Waals surface area contributed by atoms with Gasteiger partial charge in [0, 0.05) is 11.5 Å². The summed E-state index contributed by atoms with van der Waals surface area (Å²) >= 11 is 3.24. The molecule has 2 rings (SSSR count). The molecule has 2 aromatic carbocycles. The number of phenols is 1. The average Bonchev–Trinajstić information content (AvgIpc) is 2.50. The summed E-state index contributed by atoms with van der Waals surface area (Å²) in [6.07, 6.45) is 0. The van der Waals surface area contributed by atoms with E-state index in [2.05, 4.69) is 15.9 Å². The van der Waals surface area contributed by atoms with Crippen molar-refractivity contribution >= 4 is 21.8 Å². The summed E-state index contributed by atoms with van der Waals surface area (Å²) in [5.74, 6) is -2.46. The zero-order chi connectivity index (χ0) is 16.4. The fourth-order valence-corrected chi connectivity index (χ4v) is 2.40. The van der Waals surface area contributed by atoms with Gasteiger partial charge in [-0.25, -0.2) is 8.78 Å². The fraction of sp³-hybridized carbons (Fsp3) is 0.188. The molecule has 6 heteroatoms. The molecule has 116 valence electrons. The quantitative estimate of drug-likeness (QED) is 0.877. The van der Waals surface area contributed by atoms with E-state index < -0.39 is 23.6 Å². The Kier molecular flexibility index (Phi) is 4.81. The van der Waals surface area contributed by atoms with Crippen molar-refractivity contribution in [2.24, 2.45) is 0 Å². The Hall–Kier alpha value is -1.95. The summed E-state index contributed by atoms with van der Waals surface area (Å²) in [5, 5.41) is 9.81. The van der Waals surface area contributed by atoms with Gasteiger partial charge in [-0.1, -0.05) is 22.0 Å². The van der Waals surface area contributed by atoms with E-state index in [1.807, 2.05) is 0 Å². The van der Waals surface area contributed by atoms with E-state index in [-0.39, 0.29) is 11.3 Å². The minimum absolute atomic E-state index is 0.131. The first-order valence-corrected chi connectivity index (χ1v) is 7.31. The van der Waals surface area contributed by atoms with Crippen LogP contribution in [0.25, 0.3) is 0 Å². The van der Waals surface area contributed by atoms with Crippen molar-refractivity contribution in [3.05, 3.63) is 63.6 Å². The Balaban J connectivity index is 2.29. The van der Waals surface area contributed by atoms with E-state index in [1.165, 1.54) is 30.1 Å². The number of aromatic hydroxyl groups is 1. The summed E-state index contributed by atoms with van der Waals surface area (Å²) in [5.41, 5.74) is 0.593. The number of hydrogen-bond donors (Lipinski definition) is 1. The third-order valence-electron chi connectivity index (χ3n) is 3.52. The van der Waals surface area contributed by atoms with Crippen LogP contribution in [0.4, 0.5) is 8.78 Å². The van der Waals surface area contributed by atoms with E-state index in [0.29, 0.717) is 10.0 Å². The zero-order valence-electron chi connectivity index (χ0n) is 12.0. The van der Waals surface area contributed by atoms with Crippen LogP contribution in [-0.2, 0) is 0 Å². The lowest BCUT2D eigenvalue weighted by Crippen LogP contribution is -2.29. The van der Waals surface area contributed by atoms with Crippen LogP contribution in [0.15, 0.2) is 40.9 Å². The number of nitrogens with zero attached hydrogens (tertiary/aromatic N) is 1. The van der Waals surface area contributed by atoms with Crippen LogP contribution >= 0.6 is 15.9 Å². The second-order valence-corrected chi connectivity index (χ2v) is 5.84. The lowest BCUT2D eigenvalue weighted by atomic mass is 10.1. The molecule has 0 saturated heterocycles. The largest absolute Gasteiger partial charge is 0.507 e. The summed E-state index contributed by atoms with van der Waals surface area (Å²) in [7, 11) is 1.54. The molecule has 0 spiro atoms. The van der Waals surface area contributed by atoms with Crippen LogP contribution in [0, 0.1) is 11.6 Å². The van der Waals surface area contributed by atoms with Gasteiger partial charge in [0.05, 0.1) is 11.6 Å². The standard InChI is InChI=1S/C16H14BrF2NO2/c1-9(10-3-5-13(18)14(19)7-10)20(2)16(22)12-8-11(17)4-6-15(12)21/h3-9,21H,1-2H3. The topological polar surface area (TPSA) is 40.5 Å². The van der Waals surface area contributed by atoms with Gasteiger partial charge in [-0.3, -0.25) is 4.79 Å². The van der Waals surface area contributed by atoms with Crippen molar-refractivity contribution in [3.8, 4) is 5.75 Å². The van der Waals surface area contributed by atoms with Crippen LogP contribution in [0.3, 0.4) is 0 Å². The van der Waals surface area contributed by atoms with E-state index >= 15 is 0 Å². The van der Waals surface area contributed by atoms with Gasteiger partial charge in [0.2, 0.25) is 0 Å². The lowest BCUT2D eigenvalue weighted by molar-refractivity contribution is 0.0739. The molecule has 0 saturated carbocycles. The highest BCUT2D eigenvalue weighted by Gasteiger charge is 2.22. The Bertz CT molecular complexity index is 721. The molecule has 2 aromatic rings. The maximum absolute atomic E-state index is 13.3. The number of carbonyl (C=O) groups excluding carboxylic acids is 1. The molecule has 0 radical (unpaired) electrons. The summed E-state index contributed by atoms with van der Waals surface area (Å²) < 4.78 is 27.0. The van der Waals surface area contributed by atoms with Crippen molar-refractivity contribution in [3.63, 3.8) is 0 Å². The third-order valence-corrected chi connectivity index (χ3v) is 4.01. The molecule has 0 aliphatic heterocycles. The molecular weight excluding hydrogens is 356 g/mol. The molecule has 3 nitrogen and oxygen atoms in total. The molecule has 0 aromatic heterocycles. The number of amides is 1. The summed E-state index contributed by atoms with van der Waals surface area (Å²) in [6, 6.07) is 7.56. The van der Waals surface area contributed by atoms with Crippen LogP contribution < -0.4 is 0 Å². The molecule has 0 aliphatic carbocycles. The predicted molar refractivity (Wildman–Crippen MR) is 82.7 cm³/mol. The van der Waals surface area contributed by atoms with Gasteiger partial charge in [0.15, 0.2) is 11.6 Å². The summed E-state index contributed by atoms with van der Waals surface area (Å²) in [6.45, 7) is 1.69. The minimum atomic E-state index is -0.962. The second-order valence-electron chi connectivity index (χ2n) is 4.93. The molecule has 1 N–H and O–H groups in total. The van der Waals surface area contributed by atoms with E-state index in [0.717, 1.165) is 12.1 Å². The monoisotopic (exact) mass is 369 g/mol. The van der Waals surface area contributed by atoms with Gasteiger partial charge < -0.3 is 10.0 Å². The molecular formula is C16H14BrF2NO2. The van der Waals surface area contributed by atoms with Gasteiger partial charge in [0.1, 0.15) is 5.75 Å². The number of benzene rings is 2. The number of carbonyl (C=O) groups is 1. The molecule has 0 aliphatic rings. The van der Waals surface area contributed by atoms with Crippen LogP contribution in [0.2, 0.25) is 0 Å². The maximum Gasteiger partial charge on any atom is 0.257 e. The number of rotatable bonds is 3. The highest BCUT2D eigenvalue weighted by Crippen LogP contribution is 2.27. The Morgan fingerprint density at radius 3 is 2.50 bits per heavy atom. The first kappa shape index (κ1) is 16.4. The molecule has 22 heavy (non-hydrogen) atoms. The minimum Gasteiger partial charge on any atom is -0.507 e. The molecule has 1 unspecified atom stereocenters. The summed E-state index contributed by atoms with van der Waals surface area (Å²) in [4.78, 5) is 13.8. The highest BCUT2D eigenvalue weighted by atomic mass is 79.9. The van der Waals surface area contributed by atoms with Crippen molar-refractivity contribution in [1.29, 1.82) is 0 Å². The average molecular weight is 370 g/mol. The predicted octanol–water partition coefficient (Wildman–Crippen LogP) is 4.27. The van der Waals surface area contributed by atoms with Crippen molar-refractivity contribution in [2.45, 2.75) is 13.0 Å². The van der Waals surface area contributed by atoms with Gasteiger partial charge in [-0.2, -0.15) is 0 Å². The number of hydrogen-bond acceptors (Lipinski definition) is 2. The van der Waals surface area contributed by atoms with Gasteiger partial charge in [-0.15, -0.1) is 0 Å². The van der Waals surface area contributed by atoms with E-state index in [9.17, 15) is 18.7 Å². The molecule has 0 heterocycles. The molecule has 1 atom stereocenters. The van der Waals surface area contributed by atoms with Crippen LogP contribution in [0.5, 0.6) is 5.75 Å². The molecule has 0 bridgehead atoms. The Morgan fingerprint density at radius 1 is 1.18 bits per heavy atom. The zero-order valence-corrected chi connectivity index (χ0v) is 13.6. The first-order valence-electron chi connectivity index (χ1n) is 6.52. The molecule has 0 fully saturated rings. The van der Waals surface area contributed by atoms with Gasteiger partial charge >= 0.3 is 0 Å². The van der Waals surface area contributed by atoms with Crippen LogP contribution in [-0.4, -0.2) is 23.0 Å².